The monoisotopic (exact) mass is 288 g/mol. The van der Waals surface area contributed by atoms with Crippen molar-refractivity contribution in [1.82, 2.24) is 10.2 Å². The summed E-state index contributed by atoms with van der Waals surface area (Å²) in [7, 11) is 0. The number of benzene rings is 1. The first-order chi connectivity index (χ1) is 10.3. The standard InChI is InChI=1S/C17H24N2O2/c20-17(12-18-15-6-7-15)19(16-9-11-21-13-16)10-8-14-4-2-1-3-5-14/h1-5,15-16,18H,6-13H2. The van der Waals surface area contributed by atoms with Crippen molar-refractivity contribution in [1.29, 1.82) is 0 Å². The maximum absolute atomic E-state index is 12.5. The average Bonchev–Trinajstić information content (AvgIpc) is 3.20. The molecule has 1 heterocycles. The van der Waals surface area contributed by atoms with E-state index in [4.69, 9.17) is 4.74 Å². The summed E-state index contributed by atoms with van der Waals surface area (Å²) in [4.78, 5) is 14.5. The molecule has 1 unspecified atom stereocenters. The van der Waals surface area contributed by atoms with Crippen molar-refractivity contribution >= 4 is 5.91 Å². The second-order valence-corrected chi connectivity index (χ2v) is 6.00. The highest BCUT2D eigenvalue weighted by Gasteiger charge is 2.28. The molecule has 2 fully saturated rings. The predicted molar refractivity (Wildman–Crippen MR) is 82.1 cm³/mol. The Bertz CT molecular complexity index is 453. The predicted octanol–water partition coefficient (Wildman–Crippen LogP) is 1.60. The Balaban J connectivity index is 1.56. The Morgan fingerprint density at radius 1 is 1.24 bits per heavy atom. The van der Waals surface area contributed by atoms with Gasteiger partial charge in [0.1, 0.15) is 0 Å². The number of nitrogens with one attached hydrogen (secondary N) is 1. The lowest BCUT2D eigenvalue weighted by Gasteiger charge is -2.28. The maximum atomic E-state index is 12.5. The van der Waals surface area contributed by atoms with Gasteiger partial charge >= 0.3 is 0 Å². The van der Waals surface area contributed by atoms with Gasteiger partial charge in [-0.15, -0.1) is 0 Å². The third kappa shape index (κ3) is 4.29. The van der Waals surface area contributed by atoms with Crippen LogP contribution in [0.2, 0.25) is 0 Å². The van der Waals surface area contributed by atoms with Crippen LogP contribution in [0.1, 0.15) is 24.8 Å². The first-order valence-electron chi connectivity index (χ1n) is 7.97. The summed E-state index contributed by atoms with van der Waals surface area (Å²) in [6.45, 7) is 2.71. The van der Waals surface area contributed by atoms with Crippen LogP contribution in [0.5, 0.6) is 0 Å². The van der Waals surface area contributed by atoms with Crippen LogP contribution >= 0.6 is 0 Å². The molecule has 4 heteroatoms. The van der Waals surface area contributed by atoms with E-state index in [2.05, 4.69) is 29.6 Å². The fourth-order valence-corrected chi connectivity index (χ4v) is 2.79. The van der Waals surface area contributed by atoms with Crippen LogP contribution in [0.4, 0.5) is 0 Å². The van der Waals surface area contributed by atoms with Crippen LogP contribution in [0.25, 0.3) is 0 Å². The zero-order chi connectivity index (χ0) is 14.5. The lowest BCUT2D eigenvalue weighted by atomic mass is 10.1. The summed E-state index contributed by atoms with van der Waals surface area (Å²) in [5, 5.41) is 3.33. The highest BCUT2D eigenvalue weighted by molar-refractivity contribution is 5.78. The molecule has 0 aromatic heterocycles. The molecule has 0 bridgehead atoms. The van der Waals surface area contributed by atoms with Gasteiger partial charge in [-0.1, -0.05) is 30.3 Å². The molecular weight excluding hydrogens is 264 g/mol. The van der Waals surface area contributed by atoms with Gasteiger partial charge < -0.3 is 15.0 Å². The Labute approximate surface area is 126 Å². The maximum Gasteiger partial charge on any atom is 0.236 e. The average molecular weight is 288 g/mol. The van der Waals surface area contributed by atoms with Gasteiger partial charge in [-0.2, -0.15) is 0 Å². The van der Waals surface area contributed by atoms with E-state index in [0.29, 0.717) is 19.2 Å². The molecule has 21 heavy (non-hydrogen) atoms. The molecule has 1 aromatic rings. The molecule has 3 rings (SSSR count). The molecule has 1 saturated heterocycles. The first kappa shape index (κ1) is 14.5. The van der Waals surface area contributed by atoms with E-state index in [1.54, 1.807) is 0 Å². The molecule has 1 amide bonds. The molecule has 0 radical (unpaired) electrons. The molecular formula is C17H24N2O2. The second-order valence-electron chi connectivity index (χ2n) is 6.00. The van der Waals surface area contributed by atoms with E-state index in [1.807, 2.05) is 11.0 Å². The molecule has 0 spiro atoms. The quantitative estimate of drug-likeness (QED) is 0.828. The van der Waals surface area contributed by atoms with E-state index in [9.17, 15) is 4.79 Å². The number of ether oxygens (including phenoxy) is 1. The zero-order valence-corrected chi connectivity index (χ0v) is 12.5. The Kier molecular flexibility index (Phi) is 4.88. The number of carbonyl (C=O) groups excluding carboxylic acids is 1. The van der Waals surface area contributed by atoms with Crippen molar-refractivity contribution in [3.05, 3.63) is 35.9 Å². The third-order valence-corrected chi connectivity index (χ3v) is 4.27. The summed E-state index contributed by atoms with van der Waals surface area (Å²) in [5.74, 6) is 0.216. The molecule has 114 valence electrons. The molecule has 1 aromatic carbocycles. The SMILES string of the molecule is O=C(CNC1CC1)N(CCc1ccccc1)C1CCOC1. The topological polar surface area (TPSA) is 41.6 Å². The minimum absolute atomic E-state index is 0.216. The van der Waals surface area contributed by atoms with Gasteiger partial charge in [-0.3, -0.25) is 4.79 Å². The van der Waals surface area contributed by atoms with Gasteiger partial charge in [0.2, 0.25) is 5.91 Å². The minimum Gasteiger partial charge on any atom is -0.379 e. The fraction of sp³-hybridized carbons (Fsp3) is 0.588. The Morgan fingerprint density at radius 3 is 2.71 bits per heavy atom. The molecule has 1 aliphatic carbocycles. The lowest BCUT2D eigenvalue weighted by Crippen LogP contribution is -2.46. The Morgan fingerprint density at radius 2 is 2.05 bits per heavy atom. The molecule has 1 atom stereocenters. The van der Waals surface area contributed by atoms with Gasteiger partial charge in [0.15, 0.2) is 0 Å². The smallest absolute Gasteiger partial charge is 0.236 e. The van der Waals surface area contributed by atoms with E-state index in [0.717, 1.165) is 26.0 Å². The van der Waals surface area contributed by atoms with Crippen molar-refractivity contribution in [3.63, 3.8) is 0 Å². The van der Waals surface area contributed by atoms with Crippen molar-refractivity contribution in [3.8, 4) is 0 Å². The van der Waals surface area contributed by atoms with Crippen LogP contribution in [0.3, 0.4) is 0 Å². The van der Waals surface area contributed by atoms with Crippen molar-refractivity contribution in [2.75, 3.05) is 26.3 Å². The van der Waals surface area contributed by atoms with Crippen molar-refractivity contribution < 1.29 is 9.53 Å². The van der Waals surface area contributed by atoms with Crippen LogP contribution < -0.4 is 5.32 Å². The third-order valence-electron chi connectivity index (χ3n) is 4.27. The molecule has 1 aliphatic heterocycles. The number of nitrogens with zero attached hydrogens (tertiary/aromatic N) is 1. The normalized spacial score (nSPS) is 21.4. The van der Waals surface area contributed by atoms with Crippen LogP contribution in [-0.2, 0) is 16.0 Å². The zero-order valence-electron chi connectivity index (χ0n) is 12.5. The van der Waals surface area contributed by atoms with Gasteiger partial charge in [0.05, 0.1) is 19.2 Å². The Hall–Kier alpha value is -1.39. The molecule has 2 aliphatic rings. The number of rotatable bonds is 7. The molecule has 1 N–H and O–H groups in total. The van der Waals surface area contributed by atoms with E-state index < -0.39 is 0 Å². The highest BCUT2D eigenvalue weighted by Crippen LogP contribution is 2.19. The van der Waals surface area contributed by atoms with E-state index in [-0.39, 0.29) is 11.9 Å². The van der Waals surface area contributed by atoms with Gasteiger partial charge in [0, 0.05) is 19.2 Å². The first-order valence-corrected chi connectivity index (χ1v) is 7.97. The van der Waals surface area contributed by atoms with Crippen LogP contribution in [0.15, 0.2) is 30.3 Å². The van der Waals surface area contributed by atoms with E-state index >= 15 is 0 Å². The number of carbonyl (C=O) groups is 1. The van der Waals surface area contributed by atoms with Crippen molar-refractivity contribution in [2.24, 2.45) is 0 Å². The minimum atomic E-state index is 0.216. The number of amides is 1. The largest absolute Gasteiger partial charge is 0.379 e. The summed E-state index contributed by atoms with van der Waals surface area (Å²) in [6.07, 6.45) is 4.30. The highest BCUT2D eigenvalue weighted by atomic mass is 16.5. The summed E-state index contributed by atoms with van der Waals surface area (Å²) in [6, 6.07) is 11.2. The van der Waals surface area contributed by atoms with Gasteiger partial charge in [-0.25, -0.2) is 0 Å². The summed E-state index contributed by atoms with van der Waals surface area (Å²) < 4.78 is 5.46. The van der Waals surface area contributed by atoms with E-state index in [1.165, 1.54) is 18.4 Å². The van der Waals surface area contributed by atoms with Crippen LogP contribution in [0, 0.1) is 0 Å². The lowest BCUT2D eigenvalue weighted by molar-refractivity contribution is -0.132. The molecule has 4 nitrogen and oxygen atoms in total. The number of hydrogen-bond acceptors (Lipinski definition) is 3. The van der Waals surface area contributed by atoms with Gasteiger partial charge in [0.25, 0.3) is 0 Å². The van der Waals surface area contributed by atoms with Gasteiger partial charge in [-0.05, 0) is 31.2 Å². The molecule has 1 saturated carbocycles. The summed E-state index contributed by atoms with van der Waals surface area (Å²) >= 11 is 0. The summed E-state index contributed by atoms with van der Waals surface area (Å²) in [5.41, 5.74) is 1.28. The fourth-order valence-electron chi connectivity index (χ4n) is 2.79. The van der Waals surface area contributed by atoms with Crippen molar-refractivity contribution in [2.45, 2.75) is 37.8 Å². The number of hydrogen-bond donors (Lipinski definition) is 1. The van der Waals surface area contributed by atoms with Crippen LogP contribution in [-0.4, -0.2) is 49.2 Å². The second kappa shape index (κ2) is 7.05.